The number of halogens is 1. The van der Waals surface area contributed by atoms with Crippen molar-refractivity contribution in [3.05, 3.63) is 35.4 Å². The van der Waals surface area contributed by atoms with Crippen molar-refractivity contribution in [2.75, 3.05) is 7.11 Å². The maximum Gasteiger partial charge on any atom is 0.337 e. The maximum atomic E-state index is 11.3. The molecule has 0 fully saturated rings. The molecule has 0 aliphatic carbocycles. The van der Waals surface area contributed by atoms with Crippen LogP contribution in [0.25, 0.3) is 0 Å². The Morgan fingerprint density at radius 2 is 1.80 bits per heavy atom. The van der Waals surface area contributed by atoms with Crippen LogP contribution in [0.4, 0.5) is 0 Å². The average molecular weight is 302 g/mol. The molecule has 1 aromatic carbocycles. The van der Waals surface area contributed by atoms with E-state index in [-0.39, 0.29) is 18.4 Å². The number of nitrogens with two attached hydrogens (primary N) is 1. The van der Waals surface area contributed by atoms with E-state index in [2.05, 4.69) is 18.6 Å². The zero-order chi connectivity index (χ0) is 14.4. The molecule has 5 heteroatoms. The van der Waals surface area contributed by atoms with Gasteiger partial charge in [0, 0.05) is 0 Å². The number of esters is 1. The third kappa shape index (κ3) is 5.49. The molecule has 0 bridgehead atoms. The number of rotatable bonds is 6. The van der Waals surface area contributed by atoms with Crippen LogP contribution < -0.4 is 5.73 Å². The molecule has 0 unspecified atom stereocenters. The number of aliphatic hydroxyl groups is 1. The summed E-state index contributed by atoms with van der Waals surface area (Å²) in [5.74, 6) is 0.170. The summed E-state index contributed by atoms with van der Waals surface area (Å²) in [7, 11) is 1.34. The van der Waals surface area contributed by atoms with Gasteiger partial charge >= 0.3 is 5.97 Å². The minimum absolute atomic E-state index is 0. The van der Waals surface area contributed by atoms with E-state index in [0.717, 1.165) is 12.0 Å². The van der Waals surface area contributed by atoms with Crippen LogP contribution in [0.2, 0.25) is 0 Å². The average Bonchev–Trinajstić information content (AvgIpc) is 2.43. The van der Waals surface area contributed by atoms with E-state index in [0.29, 0.717) is 17.9 Å². The summed E-state index contributed by atoms with van der Waals surface area (Å²) in [6.07, 6.45) is 1.05. The smallest absolute Gasteiger partial charge is 0.337 e. The maximum absolute atomic E-state index is 11.3. The first-order chi connectivity index (χ1) is 8.95. The van der Waals surface area contributed by atoms with Gasteiger partial charge in [0.2, 0.25) is 0 Å². The summed E-state index contributed by atoms with van der Waals surface area (Å²) in [6, 6.07) is 6.42. The predicted molar refractivity (Wildman–Crippen MR) is 82.0 cm³/mol. The fourth-order valence-electron chi connectivity index (χ4n) is 1.87. The molecule has 114 valence electrons. The lowest BCUT2D eigenvalue weighted by molar-refractivity contribution is 0.0600. The molecule has 3 N–H and O–H groups in total. The summed E-state index contributed by atoms with van der Waals surface area (Å²) in [6.45, 7) is 4.23. The number of hydrogen-bond acceptors (Lipinski definition) is 4. The molecule has 0 amide bonds. The van der Waals surface area contributed by atoms with Gasteiger partial charge in [-0.05, 0) is 36.5 Å². The third-order valence-corrected chi connectivity index (χ3v) is 3.17. The highest BCUT2D eigenvalue weighted by molar-refractivity contribution is 5.89. The van der Waals surface area contributed by atoms with E-state index in [9.17, 15) is 9.90 Å². The largest absolute Gasteiger partial charge is 0.465 e. The van der Waals surface area contributed by atoms with Crippen molar-refractivity contribution < 1.29 is 14.6 Å². The molecule has 0 aliphatic heterocycles. The van der Waals surface area contributed by atoms with E-state index < -0.39 is 12.1 Å². The van der Waals surface area contributed by atoms with E-state index in [4.69, 9.17) is 5.73 Å². The standard InChI is InChI=1S/C15H23NO3.ClH/c1-10(2)4-9-13(17)14(16)11-5-7-12(8-6-11)15(18)19-3;/h5-8,10,13-14,17H,4,9,16H2,1-3H3;1H/t13-,14+;/m1./s1. The molecule has 1 aromatic rings. The van der Waals surface area contributed by atoms with Crippen LogP contribution in [-0.2, 0) is 4.74 Å². The van der Waals surface area contributed by atoms with Gasteiger partial charge in [0.25, 0.3) is 0 Å². The second-order valence-electron chi connectivity index (χ2n) is 5.18. The lowest BCUT2D eigenvalue weighted by Gasteiger charge is -2.20. The fourth-order valence-corrected chi connectivity index (χ4v) is 1.87. The molecule has 0 heterocycles. The van der Waals surface area contributed by atoms with Crippen molar-refractivity contribution in [1.82, 2.24) is 0 Å². The van der Waals surface area contributed by atoms with Crippen LogP contribution in [0.15, 0.2) is 24.3 Å². The number of aliphatic hydroxyl groups excluding tert-OH is 1. The summed E-state index contributed by atoms with van der Waals surface area (Å²) in [5.41, 5.74) is 7.32. The zero-order valence-electron chi connectivity index (χ0n) is 12.2. The summed E-state index contributed by atoms with van der Waals surface area (Å²) in [4.78, 5) is 11.3. The van der Waals surface area contributed by atoms with Gasteiger partial charge < -0.3 is 15.6 Å². The van der Waals surface area contributed by atoms with Gasteiger partial charge in [-0.25, -0.2) is 4.79 Å². The van der Waals surface area contributed by atoms with Crippen molar-refractivity contribution in [3.63, 3.8) is 0 Å². The van der Waals surface area contributed by atoms with Crippen molar-refractivity contribution in [1.29, 1.82) is 0 Å². The number of carbonyl (C=O) groups is 1. The van der Waals surface area contributed by atoms with Crippen molar-refractivity contribution in [2.45, 2.75) is 38.8 Å². The molecule has 1 rings (SSSR count). The second kappa shape index (κ2) is 8.95. The third-order valence-electron chi connectivity index (χ3n) is 3.17. The van der Waals surface area contributed by atoms with Crippen LogP contribution in [0.1, 0.15) is 48.7 Å². The summed E-state index contributed by atoms with van der Waals surface area (Å²) < 4.78 is 4.63. The predicted octanol–water partition coefficient (Wildman–Crippen LogP) is 2.69. The minimum atomic E-state index is -0.564. The van der Waals surface area contributed by atoms with Gasteiger partial charge in [-0.1, -0.05) is 26.0 Å². The van der Waals surface area contributed by atoms with Crippen LogP contribution in [0, 0.1) is 5.92 Å². The summed E-state index contributed by atoms with van der Waals surface area (Å²) >= 11 is 0. The van der Waals surface area contributed by atoms with E-state index in [1.807, 2.05) is 0 Å². The molecule has 0 saturated carbocycles. The van der Waals surface area contributed by atoms with Gasteiger partial charge in [-0.3, -0.25) is 0 Å². The molecular weight excluding hydrogens is 278 g/mol. The molecule has 20 heavy (non-hydrogen) atoms. The fraction of sp³-hybridized carbons (Fsp3) is 0.533. The first kappa shape index (κ1) is 18.9. The lowest BCUT2D eigenvalue weighted by atomic mass is 9.95. The topological polar surface area (TPSA) is 72.5 Å². The quantitative estimate of drug-likeness (QED) is 0.792. The van der Waals surface area contributed by atoms with Gasteiger partial charge in [-0.2, -0.15) is 0 Å². The molecule has 0 saturated heterocycles. The van der Waals surface area contributed by atoms with E-state index in [1.54, 1.807) is 24.3 Å². The Balaban J connectivity index is 0.00000361. The Bertz CT molecular complexity index is 406. The number of ether oxygens (including phenoxy) is 1. The summed E-state index contributed by atoms with van der Waals surface area (Å²) in [5, 5.41) is 10.0. The molecule has 0 aromatic heterocycles. The molecule has 0 aliphatic rings. The van der Waals surface area contributed by atoms with Crippen LogP contribution in [0.5, 0.6) is 0 Å². The second-order valence-corrected chi connectivity index (χ2v) is 5.18. The first-order valence-electron chi connectivity index (χ1n) is 6.57. The highest BCUT2D eigenvalue weighted by Crippen LogP contribution is 2.20. The molecule has 4 nitrogen and oxygen atoms in total. The highest BCUT2D eigenvalue weighted by Gasteiger charge is 2.17. The highest BCUT2D eigenvalue weighted by atomic mass is 35.5. The van der Waals surface area contributed by atoms with Gasteiger partial charge in [0.1, 0.15) is 0 Å². The van der Waals surface area contributed by atoms with Crippen LogP contribution in [0.3, 0.4) is 0 Å². The van der Waals surface area contributed by atoms with Gasteiger partial charge in [-0.15, -0.1) is 12.4 Å². The van der Waals surface area contributed by atoms with Gasteiger partial charge in [0.05, 0.1) is 24.8 Å². The first-order valence-corrected chi connectivity index (χ1v) is 6.57. The Labute approximate surface area is 126 Å². The minimum Gasteiger partial charge on any atom is -0.465 e. The molecule has 0 spiro atoms. The normalized spacial score (nSPS) is 13.5. The zero-order valence-corrected chi connectivity index (χ0v) is 13.0. The van der Waals surface area contributed by atoms with Crippen molar-refractivity contribution in [2.24, 2.45) is 11.7 Å². The Kier molecular flexibility index (Phi) is 8.46. The Hall–Kier alpha value is -1.10. The van der Waals surface area contributed by atoms with Crippen LogP contribution >= 0.6 is 12.4 Å². The van der Waals surface area contributed by atoms with Crippen molar-refractivity contribution >= 4 is 18.4 Å². The van der Waals surface area contributed by atoms with E-state index >= 15 is 0 Å². The monoisotopic (exact) mass is 301 g/mol. The molecule has 0 radical (unpaired) electrons. The SMILES string of the molecule is COC(=O)c1ccc([C@H](N)[C@H](O)CCC(C)C)cc1.Cl. The molecular formula is C15H24ClNO3. The van der Waals surface area contributed by atoms with Gasteiger partial charge in [0.15, 0.2) is 0 Å². The molecule has 2 atom stereocenters. The Morgan fingerprint density at radius 3 is 2.25 bits per heavy atom. The number of benzene rings is 1. The lowest BCUT2D eigenvalue weighted by Crippen LogP contribution is -2.26. The van der Waals surface area contributed by atoms with Crippen molar-refractivity contribution in [3.8, 4) is 0 Å². The Morgan fingerprint density at radius 1 is 1.25 bits per heavy atom. The number of methoxy groups -OCH3 is 1. The number of hydrogen-bond donors (Lipinski definition) is 2. The number of carbonyl (C=O) groups excluding carboxylic acids is 1. The van der Waals surface area contributed by atoms with Crippen LogP contribution in [-0.4, -0.2) is 24.3 Å². The van der Waals surface area contributed by atoms with E-state index in [1.165, 1.54) is 7.11 Å².